The Morgan fingerprint density at radius 1 is 1.45 bits per heavy atom. The van der Waals surface area contributed by atoms with Gasteiger partial charge < -0.3 is 10.5 Å². The summed E-state index contributed by atoms with van der Waals surface area (Å²) in [6.45, 7) is 5.98. The molecule has 0 aliphatic rings. The van der Waals surface area contributed by atoms with E-state index in [9.17, 15) is 4.79 Å². The maximum Gasteiger partial charge on any atom is 0.340 e. The number of ether oxygens (including phenoxy) is 1. The highest BCUT2D eigenvalue weighted by atomic mass is 16.5. The molecule has 2 heterocycles. The third kappa shape index (κ3) is 2.13. The Labute approximate surface area is 117 Å². The number of pyridine rings is 1. The third-order valence-corrected chi connectivity index (χ3v) is 3.37. The van der Waals surface area contributed by atoms with Crippen LogP contribution in [0.3, 0.4) is 0 Å². The van der Waals surface area contributed by atoms with E-state index in [0.29, 0.717) is 11.4 Å². The molecule has 0 radical (unpaired) electrons. The van der Waals surface area contributed by atoms with Crippen molar-refractivity contribution in [3.8, 4) is 5.82 Å². The standard InChI is InChI=1S/C14H18N4O2/c1-5-10-8(2)17-18(9(10)3)13-12(15)11(6-7-16-13)14(19)20-4/h6-7H,5,15H2,1-4H3. The number of nitrogens with two attached hydrogens (primary N) is 1. The number of hydrogen-bond donors (Lipinski definition) is 1. The van der Waals surface area contributed by atoms with E-state index in [4.69, 9.17) is 10.5 Å². The number of anilines is 1. The third-order valence-electron chi connectivity index (χ3n) is 3.37. The van der Waals surface area contributed by atoms with Gasteiger partial charge in [0.25, 0.3) is 0 Å². The fourth-order valence-corrected chi connectivity index (χ4v) is 2.31. The van der Waals surface area contributed by atoms with Crippen molar-refractivity contribution in [2.45, 2.75) is 27.2 Å². The van der Waals surface area contributed by atoms with Crippen molar-refractivity contribution in [3.05, 3.63) is 34.8 Å². The molecule has 0 amide bonds. The van der Waals surface area contributed by atoms with Crippen LogP contribution in [-0.2, 0) is 11.2 Å². The molecule has 2 aromatic heterocycles. The maximum absolute atomic E-state index is 11.7. The SMILES string of the molecule is CCc1c(C)nn(-c2nccc(C(=O)OC)c2N)c1C. The Kier molecular flexibility index (Phi) is 3.74. The van der Waals surface area contributed by atoms with Gasteiger partial charge in [0, 0.05) is 11.9 Å². The van der Waals surface area contributed by atoms with E-state index in [1.165, 1.54) is 19.4 Å². The van der Waals surface area contributed by atoms with Gasteiger partial charge in [0.15, 0.2) is 5.82 Å². The first-order valence-electron chi connectivity index (χ1n) is 6.39. The summed E-state index contributed by atoms with van der Waals surface area (Å²) in [5, 5.41) is 4.46. The normalized spacial score (nSPS) is 10.6. The minimum atomic E-state index is -0.483. The fourth-order valence-electron chi connectivity index (χ4n) is 2.31. The summed E-state index contributed by atoms with van der Waals surface area (Å²) in [4.78, 5) is 15.9. The van der Waals surface area contributed by atoms with E-state index in [2.05, 4.69) is 17.0 Å². The fraction of sp³-hybridized carbons (Fsp3) is 0.357. The van der Waals surface area contributed by atoms with Crippen LogP contribution >= 0.6 is 0 Å². The van der Waals surface area contributed by atoms with Crippen LogP contribution in [0.4, 0.5) is 5.69 Å². The minimum absolute atomic E-state index is 0.271. The van der Waals surface area contributed by atoms with Crippen LogP contribution in [0.5, 0.6) is 0 Å². The van der Waals surface area contributed by atoms with Gasteiger partial charge in [-0.05, 0) is 31.9 Å². The second-order valence-corrected chi connectivity index (χ2v) is 4.50. The van der Waals surface area contributed by atoms with Gasteiger partial charge in [-0.3, -0.25) is 0 Å². The molecule has 0 saturated carbocycles. The van der Waals surface area contributed by atoms with Crippen molar-refractivity contribution in [2.24, 2.45) is 0 Å². The summed E-state index contributed by atoms with van der Waals surface area (Å²) in [5.74, 6) is -0.0309. The molecule has 0 fully saturated rings. The second-order valence-electron chi connectivity index (χ2n) is 4.50. The number of carbonyl (C=O) groups is 1. The molecule has 2 rings (SSSR count). The molecule has 0 saturated heterocycles. The van der Waals surface area contributed by atoms with Gasteiger partial charge in [-0.15, -0.1) is 0 Å². The lowest BCUT2D eigenvalue weighted by atomic mass is 10.1. The van der Waals surface area contributed by atoms with Gasteiger partial charge in [-0.1, -0.05) is 6.92 Å². The lowest BCUT2D eigenvalue weighted by Crippen LogP contribution is -2.12. The summed E-state index contributed by atoms with van der Waals surface area (Å²) >= 11 is 0. The molecule has 0 aromatic carbocycles. The molecule has 6 heteroatoms. The van der Waals surface area contributed by atoms with Crippen molar-refractivity contribution in [1.29, 1.82) is 0 Å². The number of methoxy groups -OCH3 is 1. The van der Waals surface area contributed by atoms with Crippen molar-refractivity contribution in [3.63, 3.8) is 0 Å². The minimum Gasteiger partial charge on any atom is -0.465 e. The summed E-state index contributed by atoms with van der Waals surface area (Å²) in [5.41, 5.74) is 9.68. The van der Waals surface area contributed by atoms with E-state index < -0.39 is 5.97 Å². The predicted molar refractivity (Wildman–Crippen MR) is 76.0 cm³/mol. The Hall–Kier alpha value is -2.37. The summed E-state index contributed by atoms with van der Waals surface area (Å²) in [6.07, 6.45) is 2.41. The van der Waals surface area contributed by atoms with Crippen LogP contribution in [0.15, 0.2) is 12.3 Å². The summed E-state index contributed by atoms with van der Waals surface area (Å²) in [7, 11) is 1.32. The van der Waals surface area contributed by atoms with Crippen LogP contribution in [-0.4, -0.2) is 27.8 Å². The number of esters is 1. The largest absolute Gasteiger partial charge is 0.465 e. The monoisotopic (exact) mass is 274 g/mol. The van der Waals surface area contributed by atoms with Crippen molar-refractivity contribution < 1.29 is 9.53 Å². The van der Waals surface area contributed by atoms with Gasteiger partial charge in [0.2, 0.25) is 0 Å². The highest BCUT2D eigenvalue weighted by molar-refractivity contribution is 5.96. The number of rotatable bonds is 3. The number of aromatic nitrogens is 3. The molecule has 106 valence electrons. The van der Waals surface area contributed by atoms with Crippen LogP contribution in [0.1, 0.15) is 34.2 Å². The first kappa shape index (κ1) is 14.0. The first-order valence-corrected chi connectivity index (χ1v) is 6.39. The van der Waals surface area contributed by atoms with E-state index in [1.807, 2.05) is 13.8 Å². The van der Waals surface area contributed by atoms with Gasteiger partial charge in [-0.2, -0.15) is 5.10 Å². The number of aryl methyl sites for hydroxylation is 1. The average molecular weight is 274 g/mol. The van der Waals surface area contributed by atoms with Crippen molar-refractivity contribution in [1.82, 2.24) is 14.8 Å². The number of hydrogen-bond acceptors (Lipinski definition) is 5. The smallest absolute Gasteiger partial charge is 0.340 e. The number of nitrogens with zero attached hydrogens (tertiary/aromatic N) is 3. The summed E-state index contributed by atoms with van der Waals surface area (Å²) < 4.78 is 6.39. The Morgan fingerprint density at radius 3 is 2.70 bits per heavy atom. The molecule has 0 atom stereocenters. The van der Waals surface area contributed by atoms with Crippen molar-refractivity contribution in [2.75, 3.05) is 12.8 Å². The average Bonchev–Trinajstić information content (AvgIpc) is 2.72. The molecular weight excluding hydrogens is 256 g/mol. The van der Waals surface area contributed by atoms with Gasteiger partial charge in [0.1, 0.15) is 0 Å². The van der Waals surface area contributed by atoms with E-state index >= 15 is 0 Å². The zero-order valence-electron chi connectivity index (χ0n) is 12.1. The Morgan fingerprint density at radius 2 is 2.15 bits per heavy atom. The van der Waals surface area contributed by atoms with E-state index in [0.717, 1.165) is 23.4 Å². The molecule has 0 spiro atoms. The topological polar surface area (TPSA) is 83.0 Å². The van der Waals surface area contributed by atoms with Gasteiger partial charge in [-0.25, -0.2) is 14.5 Å². The number of nitrogen functional groups attached to an aromatic ring is 1. The molecular formula is C14H18N4O2. The highest BCUT2D eigenvalue weighted by Crippen LogP contribution is 2.23. The number of carbonyl (C=O) groups excluding carboxylic acids is 1. The molecule has 0 aliphatic heterocycles. The lowest BCUT2D eigenvalue weighted by molar-refractivity contribution is 0.0602. The molecule has 6 nitrogen and oxygen atoms in total. The molecule has 0 aliphatic carbocycles. The van der Waals surface area contributed by atoms with E-state index in [-0.39, 0.29) is 5.69 Å². The predicted octanol–water partition coefficient (Wildman–Crippen LogP) is 1.82. The van der Waals surface area contributed by atoms with Gasteiger partial charge >= 0.3 is 5.97 Å². The Bertz CT molecular complexity index is 661. The van der Waals surface area contributed by atoms with Crippen LogP contribution in [0.2, 0.25) is 0 Å². The quantitative estimate of drug-likeness (QED) is 0.863. The van der Waals surface area contributed by atoms with E-state index in [1.54, 1.807) is 4.68 Å². The van der Waals surface area contributed by atoms with Crippen LogP contribution in [0, 0.1) is 13.8 Å². The Balaban J connectivity index is 2.62. The second kappa shape index (κ2) is 5.32. The van der Waals surface area contributed by atoms with Crippen LogP contribution < -0.4 is 5.73 Å². The zero-order valence-corrected chi connectivity index (χ0v) is 12.1. The zero-order chi connectivity index (χ0) is 14.9. The highest BCUT2D eigenvalue weighted by Gasteiger charge is 2.18. The molecule has 20 heavy (non-hydrogen) atoms. The summed E-state index contributed by atoms with van der Waals surface area (Å²) in [6, 6.07) is 1.54. The van der Waals surface area contributed by atoms with Crippen molar-refractivity contribution >= 4 is 11.7 Å². The molecule has 2 N–H and O–H groups in total. The van der Waals surface area contributed by atoms with Gasteiger partial charge in [0.05, 0.1) is 24.1 Å². The molecule has 0 unspecified atom stereocenters. The maximum atomic E-state index is 11.7. The molecule has 0 bridgehead atoms. The first-order chi connectivity index (χ1) is 9.51. The lowest BCUT2D eigenvalue weighted by Gasteiger charge is -2.10. The molecule has 2 aromatic rings. The van der Waals surface area contributed by atoms with Crippen LogP contribution in [0.25, 0.3) is 5.82 Å².